The monoisotopic (exact) mass is 287 g/mol. The van der Waals surface area contributed by atoms with Crippen LogP contribution in [-0.4, -0.2) is 4.98 Å². The molecule has 4 rings (SSSR count). The van der Waals surface area contributed by atoms with Gasteiger partial charge in [0.15, 0.2) is 0 Å². The van der Waals surface area contributed by atoms with Crippen molar-refractivity contribution >= 4 is 16.7 Å². The summed E-state index contributed by atoms with van der Waals surface area (Å²) in [5.74, 6) is 0.671. The molecule has 22 heavy (non-hydrogen) atoms. The summed E-state index contributed by atoms with van der Waals surface area (Å²) in [5.41, 5.74) is 10.2. The summed E-state index contributed by atoms with van der Waals surface area (Å²) in [6, 6.07) is 15.0. The van der Waals surface area contributed by atoms with E-state index in [-0.39, 0.29) is 0 Å². The maximum atomic E-state index is 7.81. The van der Waals surface area contributed by atoms with E-state index in [9.17, 15) is 0 Å². The lowest BCUT2D eigenvalue weighted by atomic mass is 9.94. The minimum atomic E-state index is 0.414. The van der Waals surface area contributed by atoms with E-state index in [1.54, 1.807) is 18.3 Å². The highest BCUT2D eigenvalue weighted by Gasteiger charge is 2.16. The van der Waals surface area contributed by atoms with Crippen LogP contribution in [0.3, 0.4) is 0 Å². The van der Waals surface area contributed by atoms with E-state index in [2.05, 4.69) is 4.98 Å². The Morgan fingerprint density at radius 1 is 1.05 bits per heavy atom. The maximum absolute atomic E-state index is 7.81. The number of aromatic nitrogens is 1. The van der Waals surface area contributed by atoms with Crippen molar-refractivity contribution in [3.05, 3.63) is 66.3 Å². The van der Waals surface area contributed by atoms with Gasteiger partial charge in [0.05, 0.1) is 5.36 Å². The molecule has 106 valence electrons. The molecule has 0 saturated carbocycles. The Kier molecular flexibility index (Phi) is 2.69. The Bertz CT molecular complexity index is 1010. The van der Waals surface area contributed by atoms with Crippen LogP contribution in [0.25, 0.3) is 33.4 Å². The third kappa shape index (κ3) is 1.93. The molecule has 2 aromatic rings. The second-order valence-corrected chi connectivity index (χ2v) is 5.19. The summed E-state index contributed by atoms with van der Waals surface area (Å²) >= 11 is 0. The van der Waals surface area contributed by atoms with Crippen molar-refractivity contribution in [1.82, 2.24) is 4.98 Å². The smallest absolute Gasteiger partial charge is 0.137 e. The van der Waals surface area contributed by atoms with Gasteiger partial charge in [-0.3, -0.25) is 4.98 Å². The van der Waals surface area contributed by atoms with Gasteiger partial charge in [0.25, 0.3) is 0 Å². The number of rotatable bonds is 1. The fourth-order valence-corrected chi connectivity index (χ4v) is 2.73. The Hall–Kier alpha value is -3.14. The van der Waals surface area contributed by atoms with Crippen LogP contribution < -0.4 is 11.1 Å². The van der Waals surface area contributed by atoms with Crippen molar-refractivity contribution in [3.63, 3.8) is 0 Å². The quantitative estimate of drug-likeness (QED) is 0.414. The molecule has 0 spiro atoms. The fraction of sp³-hybridized carbons (Fsp3) is 0. The fourth-order valence-electron chi connectivity index (χ4n) is 2.73. The zero-order chi connectivity index (χ0) is 15.1. The van der Waals surface area contributed by atoms with E-state index < -0.39 is 0 Å². The molecule has 4 nitrogen and oxygen atoms in total. The van der Waals surface area contributed by atoms with Crippen LogP contribution in [-0.2, 0) is 0 Å². The molecule has 4 heteroatoms. The number of hydrogen-bond acceptors (Lipinski definition) is 4. The van der Waals surface area contributed by atoms with E-state index in [4.69, 9.17) is 15.6 Å². The van der Waals surface area contributed by atoms with Crippen LogP contribution in [0.1, 0.15) is 0 Å². The summed E-state index contributed by atoms with van der Waals surface area (Å²) in [7, 11) is 0. The summed E-state index contributed by atoms with van der Waals surface area (Å²) in [6.07, 6.45) is 3.58. The molecule has 0 amide bonds. The van der Waals surface area contributed by atoms with Gasteiger partial charge in [-0.1, -0.05) is 6.07 Å². The van der Waals surface area contributed by atoms with E-state index >= 15 is 0 Å². The Labute approximate surface area is 126 Å². The summed E-state index contributed by atoms with van der Waals surface area (Å²) in [5, 5.41) is 9.20. The molecule has 2 aliphatic rings. The molecular weight excluding hydrogens is 274 g/mol. The molecule has 2 heterocycles. The third-order valence-electron chi connectivity index (χ3n) is 3.70. The van der Waals surface area contributed by atoms with Crippen molar-refractivity contribution in [2.24, 2.45) is 0 Å². The first-order valence-electron chi connectivity index (χ1n) is 6.93. The average molecular weight is 287 g/mol. The maximum Gasteiger partial charge on any atom is 0.137 e. The summed E-state index contributed by atoms with van der Waals surface area (Å²) in [6.45, 7) is 0. The molecular formula is C18H13N3O. The van der Waals surface area contributed by atoms with Gasteiger partial charge in [-0.05, 0) is 30.3 Å². The number of nitrogens with one attached hydrogen (secondary N) is 1. The van der Waals surface area contributed by atoms with Crippen LogP contribution >= 0.6 is 0 Å². The third-order valence-corrected chi connectivity index (χ3v) is 3.70. The lowest BCUT2D eigenvalue weighted by Crippen LogP contribution is -2.00. The van der Waals surface area contributed by atoms with Crippen LogP contribution in [0.4, 0.5) is 5.69 Å². The SMILES string of the molecule is N=c1ccc2c(-c3cccnc3)c3ccc(N)cc3oc-2c1. The number of nitrogens with two attached hydrogens (primary N) is 1. The first-order valence-corrected chi connectivity index (χ1v) is 6.93. The van der Waals surface area contributed by atoms with Gasteiger partial charge < -0.3 is 15.6 Å². The number of nitrogen functional groups attached to an aromatic ring is 1. The molecule has 1 aromatic carbocycles. The number of pyridine rings is 1. The van der Waals surface area contributed by atoms with Crippen LogP contribution in [0.5, 0.6) is 0 Å². The van der Waals surface area contributed by atoms with E-state index in [0.717, 1.165) is 22.1 Å². The van der Waals surface area contributed by atoms with Crippen LogP contribution in [0, 0.1) is 5.41 Å². The molecule has 0 fully saturated rings. The first-order chi connectivity index (χ1) is 10.7. The standard InChI is InChI=1S/C18H13N3O/c19-12-3-5-14-16(8-12)22-17-9-13(20)4-6-15(17)18(14)11-2-1-7-21-10-11/h1-10,19H,20H2. The summed E-state index contributed by atoms with van der Waals surface area (Å²) in [4.78, 5) is 4.22. The van der Waals surface area contributed by atoms with E-state index in [1.807, 2.05) is 42.6 Å². The molecule has 3 N–H and O–H groups in total. The average Bonchev–Trinajstić information content (AvgIpc) is 2.53. The van der Waals surface area contributed by atoms with Gasteiger partial charge in [-0.25, -0.2) is 0 Å². The van der Waals surface area contributed by atoms with Gasteiger partial charge in [0.2, 0.25) is 0 Å². The number of anilines is 1. The molecule has 0 radical (unpaired) electrons. The van der Waals surface area contributed by atoms with Crippen molar-refractivity contribution in [1.29, 1.82) is 5.41 Å². The minimum Gasteiger partial charge on any atom is -0.456 e. The number of hydrogen-bond donors (Lipinski definition) is 2. The summed E-state index contributed by atoms with van der Waals surface area (Å²) < 4.78 is 5.95. The van der Waals surface area contributed by atoms with Gasteiger partial charge >= 0.3 is 0 Å². The Morgan fingerprint density at radius 2 is 1.95 bits per heavy atom. The zero-order valence-corrected chi connectivity index (χ0v) is 11.7. The molecule has 0 atom stereocenters. The Balaban J connectivity index is 2.21. The molecule has 1 aromatic heterocycles. The largest absolute Gasteiger partial charge is 0.456 e. The van der Waals surface area contributed by atoms with Crippen LogP contribution in [0.2, 0.25) is 0 Å². The van der Waals surface area contributed by atoms with Crippen molar-refractivity contribution in [2.45, 2.75) is 0 Å². The highest BCUT2D eigenvalue weighted by molar-refractivity contribution is 6.02. The second-order valence-electron chi connectivity index (χ2n) is 5.19. The number of benzene rings is 2. The van der Waals surface area contributed by atoms with Crippen molar-refractivity contribution < 1.29 is 4.42 Å². The highest BCUT2D eigenvalue weighted by Crippen LogP contribution is 2.39. The zero-order valence-electron chi connectivity index (χ0n) is 11.7. The normalized spacial score (nSPS) is 11.1. The predicted octanol–water partition coefficient (Wildman–Crippen LogP) is 3.66. The minimum absolute atomic E-state index is 0.414. The lowest BCUT2D eigenvalue weighted by Gasteiger charge is -2.15. The van der Waals surface area contributed by atoms with Gasteiger partial charge in [0, 0.05) is 52.3 Å². The molecule has 1 aliphatic heterocycles. The topological polar surface area (TPSA) is 75.9 Å². The molecule has 0 bridgehead atoms. The molecule has 0 saturated heterocycles. The Morgan fingerprint density at radius 3 is 2.77 bits per heavy atom. The number of fused-ring (bicyclic) bond motifs is 2. The highest BCUT2D eigenvalue weighted by atomic mass is 16.3. The predicted molar refractivity (Wildman–Crippen MR) is 86.3 cm³/mol. The van der Waals surface area contributed by atoms with Gasteiger partial charge in [-0.2, -0.15) is 0 Å². The van der Waals surface area contributed by atoms with E-state index in [0.29, 0.717) is 22.4 Å². The van der Waals surface area contributed by atoms with Gasteiger partial charge in [-0.15, -0.1) is 0 Å². The van der Waals surface area contributed by atoms with Gasteiger partial charge in [0.1, 0.15) is 11.3 Å². The van der Waals surface area contributed by atoms with Crippen molar-refractivity contribution in [2.75, 3.05) is 5.73 Å². The van der Waals surface area contributed by atoms with Crippen LogP contribution in [0.15, 0.2) is 65.3 Å². The second kappa shape index (κ2) is 4.70. The molecule has 1 aliphatic carbocycles. The van der Waals surface area contributed by atoms with Crippen molar-refractivity contribution in [3.8, 4) is 22.5 Å². The number of nitrogens with zero attached hydrogens (tertiary/aromatic N) is 1. The molecule has 0 unspecified atom stereocenters. The first kappa shape index (κ1) is 12.6. The lowest BCUT2D eigenvalue weighted by molar-refractivity contribution is 0.619. The van der Waals surface area contributed by atoms with E-state index in [1.165, 1.54) is 0 Å².